The zero-order chi connectivity index (χ0) is 21.6. The van der Waals surface area contributed by atoms with Gasteiger partial charge in [-0.2, -0.15) is 0 Å². The lowest BCUT2D eigenvalue weighted by Gasteiger charge is -2.25. The number of hydrogen-bond donors (Lipinski definition) is 6. The molecule has 0 saturated heterocycles. The third-order valence-electron chi connectivity index (χ3n) is 4.44. The summed E-state index contributed by atoms with van der Waals surface area (Å²) in [4.78, 5) is 0. The molecule has 0 aliphatic carbocycles. The molecule has 0 fully saturated rings. The van der Waals surface area contributed by atoms with E-state index in [9.17, 15) is 25.5 Å². The molecular formula is C20H26O9. The number of aromatic hydroxyl groups is 1. The van der Waals surface area contributed by atoms with Crippen LogP contribution in [0.25, 0.3) is 0 Å². The van der Waals surface area contributed by atoms with Crippen LogP contribution in [0.1, 0.15) is 23.3 Å². The van der Waals surface area contributed by atoms with Crippen LogP contribution >= 0.6 is 0 Å². The molecular weight excluding hydrogens is 384 g/mol. The van der Waals surface area contributed by atoms with E-state index in [1.54, 1.807) is 0 Å². The van der Waals surface area contributed by atoms with Crippen molar-refractivity contribution in [2.75, 3.05) is 27.4 Å². The Labute approximate surface area is 168 Å². The van der Waals surface area contributed by atoms with Crippen molar-refractivity contribution < 1.29 is 44.8 Å². The van der Waals surface area contributed by atoms with Crippen molar-refractivity contribution in [1.82, 2.24) is 0 Å². The van der Waals surface area contributed by atoms with Crippen LogP contribution in [-0.2, 0) is 0 Å². The maximum absolute atomic E-state index is 10.6. The van der Waals surface area contributed by atoms with Crippen LogP contribution in [-0.4, -0.2) is 70.3 Å². The number of benzene rings is 2. The van der Waals surface area contributed by atoms with Gasteiger partial charge in [-0.05, 0) is 35.4 Å². The summed E-state index contributed by atoms with van der Waals surface area (Å²) in [5, 5.41) is 58.6. The van der Waals surface area contributed by atoms with Gasteiger partial charge in [0, 0.05) is 0 Å². The van der Waals surface area contributed by atoms with Crippen LogP contribution in [0.4, 0.5) is 0 Å². The molecule has 2 aromatic carbocycles. The number of phenolic OH excluding ortho intramolecular Hbond substituents is 1. The Morgan fingerprint density at radius 3 is 1.93 bits per heavy atom. The van der Waals surface area contributed by atoms with E-state index < -0.39 is 37.6 Å². The molecule has 9 nitrogen and oxygen atoms in total. The number of hydrogen-bond acceptors (Lipinski definition) is 9. The van der Waals surface area contributed by atoms with Crippen molar-refractivity contribution in [3.63, 3.8) is 0 Å². The standard InChI is InChI=1S/C20H26O9/c1-27-16-7-12(3-5-13(16)23)20(26)18(10-22)29-15-6-4-11(8-17(15)28-2)19(25)14(24)9-21/h3-8,14,18-26H,9-10H2,1-2H3/t14-,18+,19-,20-/m1/s1. The molecule has 0 radical (unpaired) electrons. The molecule has 2 aromatic rings. The Morgan fingerprint density at radius 2 is 1.34 bits per heavy atom. The van der Waals surface area contributed by atoms with Gasteiger partial charge in [-0.1, -0.05) is 12.1 Å². The van der Waals surface area contributed by atoms with E-state index in [4.69, 9.17) is 19.3 Å². The maximum Gasteiger partial charge on any atom is 0.161 e. The molecule has 0 heterocycles. The summed E-state index contributed by atoms with van der Waals surface area (Å²) >= 11 is 0. The lowest BCUT2D eigenvalue weighted by atomic mass is 10.0. The average Bonchev–Trinajstić information content (AvgIpc) is 2.76. The molecule has 0 bridgehead atoms. The van der Waals surface area contributed by atoms with Crippen LogP contribution < -0.4 is 14.2 Å². The fourth-order valence-corrected chi connectivity index (χ4v) is 2.74. The summed E-state index contributed by atoms with van der Waals surface area (Å²) in [5.74, 6) is 0.453. The Bertz CT molecular complexity index is 796. The van der Waals surface area contributed by atoms with Crippen LogP contribution in [0.3, 0.4) is 0 Å². The summed E-state index contributed by atoms with van der Waals surface area (Å²) < 4.78 is 16.0. The molecule has 4 atom stereocenters. The number of ether oxygens (including phenoxy) is 3. The molecule has 0 aromatic heterocycles. The first-order valence-electron chi connectivity index (χ1n) is 8.83. The monoisotopic (exact) mass is 410 g/mol. The Hall–Kier alpha value is -2.56. The van der Waals surface area contributed by atoms with E-state index in [-0.39, 0.29) is 23.0 Å². The fourth-order valence-electron chi connectivity index (χ4n) is 2.74. The zero-order valence-corrected chi connectivity index (χ0v) is 16.1. The van der Waals surface area contributed by atoms with Gasteiger partial charge in [-0.15, -0.1) is 0 Å². The van der Waals surface area contributed by atoms with Gasteiger partial charge >= 0.3 is 0 Å². The molecule has 0 spiro atoms. The zero-order valence-electron chi connectivity index (χ0n) is 16.1. The van der Waals surface area contributed by atoms with E-state index in [0.717, 1.165) is 0 Å². The van der Waals surface area contributed by atoms with Gasteiger partial charge in [0.2, 0.25) is 0 Å². The smallest absolute Gasteiger partial charge is 0.161 e. The van der Waals surface area contributed by atoms with Gasteiger partial charge in [-0.25, -0.2) is 0 Å². The highest BCUT2D eigenvalue weighted by Crippen LogP contribution is 2.35. The summed E-state index contributed by atoms with van der Waals surface area (Å²) in [6, 6.07) is 8.60. The van der Waals surface area contributed by atoms with Crippen LogP contribution in [0, 0.1) is 0 Å². The summed E-state index contributed by atoms with van der Waals surface area (Å²) in [7, 11) is 2.75. The lowest BCUT2D eigenvalue weighted by molar-refractivity contribution is -0.0156. The van der Waals surface area contributed by atoms with Crippen molar-refractivity contribution in [2.45, 2.75) is 24.4 Å². The first-order chi connectivity index (χ1) is 13.9. The van der Waals surface area contributed by atoms with Gasteiger partial charge in [0.25, 0.3) is 0 Å². The molecule has 0 saturated carbocycles. The largest absolute Gasteiger partial charge is 0.504 e. The van der Waals surface area contributed by atoms with Gasteiger partial charge in [0.1, 0.15) is 18.3 Å². The summed E-state index contributed by atoms with van der Waals surface area (Å²) in [5.41, 5.74) is 0.649. The van der Waals surface area contributed by atoms with Gasteiger partial charge in [0.15, 0.2) is 29.1 Å². The van der Waals surface area contributed by atoms with Crippen molar-refractivity contribution in [1.29, 1.82) is 0 Å². The van der Waals surface area contributed by atoms with Crippen LogP contribution in [0.5, 0.6) is 23.0 Å². The Kier molecular flexibility index (Phi) is 8.06. The Morgan fingerprint density at radius 1 is 0.759 bits per heavy atom. The lowest BCUT2D eigenvalue weighted by Crippen LogP contribution is -2.29. The first-order valence-corrected chi connectivity index (χ1v) is 8.83. The number of rotatable bonds is 10. The minimum absolute atomic E-state index is 0.0919. The van der Waals surface area contributed by atoms with Crippen molar-refractivity contribution in [2.24, 2.45) is 0 Å². The highest BCUT2D eigenvalue weighted by atomic mass is 16.5. The molecule has 6 N–H and O–H groups in total. The Balaban J connectivity index is 2.25. The average molecular weight is 410 g/mol. The number of aliphatic hydroxyl groups excluding tert-OH is 5. The summed E-state index contributed by atoms with van der Waals surface area (Å²) in [6.07, 6.45) is -5.01. The molecule has 2 rings (SSSR count). The van der Waals surface area contributed by atoms with E-state index in [1.807, 2.05) is 0 Å². The molecule has 0 amide bonds. The second-order valence-electron chi connectivity index (χ2n) is 6.32. The van der Waals surface area contributed by atoms with E-state index >= 15 is 0 Å². The van der Waals surface area contributed by atoms with Gasteiger partial charge < -0.3 is 44.8 Å². The second kappa shape index (κ2) is 10.3. The predicted octanol–water partition coefficient (Wildman–Crippen LogP) is 0.269. The van der Waals surface area contributed by atoms with Crippen molar-refractivity contribution >= 4 is 0 Å². The molecule has 0 unspecified atom stereocenters. The van der Waals surface area contributed by atoms with Crippen LogP contribution in [0.15, 0.2) is 36.4 Å². The SMILES string of the molecule is COc1cc([C@@H](O)[C@H](CO)Oc2ccc([C@@H](O)[C@H](O)CO)cc2OC)ccc1O. The maximum atomic E-state index is 10.6. The number of methoxy groups -OCH3 is 2. The van der Waals surface area contributed by atoms with E-state index in [2.05, 4.69) is 0 Å². The minimum atomic E-state index is -1.36. The first kappa shape index (κ1) is 22.7. The summed E-state index contributed by atoms with van der Waals surface area (Å²) in [6.45, 7) is -1.14. The third kappa shape index (κ3) is 5.28. The molecule has 9 heteroatoms. The van der Waals surface area contributed by atoms with Crippen LogP contribution in [0.2, 0.25) is 0 Å². The quantitative estimate of drug-likeness (QED) is 0.324. The number of aliphatic hydroxyl groups is 5. The highest BCUT2D eigenvalue weighted by molar-refractivity contribution is 5.45. The minimum Gasteiger partial charge on any atom is -0.504 e. The van der Waals surface area contributed by atoms with Gasteiger partial charge in [0.05, 0.1) is 27.4 Å². The van der Waals surface area contributed by atoms with E-state index in [1.165, 1.54) is 50.6 Å². The number of phenols is 1. The topological polar surface area (TPSA) is 149 Å². The van der Waals surface area contributed by atoms with Crippen molar-refractivity contribution in [3.8, 4) is 23.0 Å². The predicted molar refractivity (Wildman–Crippen MR) is 102 cm³/mol. The fraction of sp³-hybridized carbons (Fsp3) is 0.400. The molecule has 0 aliphatic heterocycles. The normalized spacial score (nSPS) is 15.3. The molecule has 29 heavy (non-hydrogen) atoms. The molecule has 0 aliphatic rings. The van der Waals surface area contributed by atoms with Gasteiger partial charge in [-0.3, -0.25) is 0 Å². The molecule has 160 valence electrons. The third-order valence-corrected chi connectivity index (χ3v) is 4.44. The second-order valence-corrected chi connectivity index (χ2v) is 6.32. The highest BCUT2D eigenvalue weighted by Gasteiger charge is 2.25. The van der Waals surface area contributed by atoms with Crippen molar-refractivity contribution in [3.05, 3.63) is 47.5 Å². The van der Waals surface area contributed by atoms with E-state index in [0.29, 0.717) is 11.1 Å².